The van der Waals surface area contributed by atoms with Gasteiger partial charge in [0.1, 0.15) is 18.0 Å². The summed E-state index contributed by atoms with van der Waals surface area (Å²) in [7, 11) is 0. The molecule has 2 unspecified atom stereocenters. The molecular weight excluding hydrogens is 268 g/mol. The molecule has 2 rings (SSSR count). The lowest BCUT2D eigenvalue weighted by molar-refractivity contribution is -0.168. The van der Waals surface area contributed by atoms with Crippen molar-refractivity contribution in [1.29, 1.82) is 0 Å². The Morgan fingerprint density at radius 2 is 2.25 bits per heavy atom. The molecule has 0 saturated carbocycles. The summed E-state index contributed by atoms with van der Waals surface area (Å²) in [4.78, 5) is 3.65. The first kappa shape index (κ1) is 14.7. The molecule has 0 amide bonds. The summed E-state index contributed by atoms with van der Waals surface area (Å²) in [6.45, 7) is 0.949. The maximum atomic E-state index is 10.5. The Morgan fingerprint density at radius 3 is 2.80 bits per heavy atom. The van der Waals surface area contributed by atoms with Crippen molar-refractivity contribution in [2.24, 2.45) is 15.8 Å². The zero-order chi connectivity index (χ0) is 14.9. The van der Waals surface area contributed by atoms with Gasteiger partial charge in [0.25, 0.3) is 0 Å². The Labute approximate surface area is 115 Å². The minimum Gasteiger partial charge on any atom is -0.394 e. The number of amidine groups is 1. The van der Waals surface area contributed by atoms with Crippen LogP contribution in [0.3, 0.4) is 0 Å². The summed E-state index contributed by atoms with van der Waals surface area (Å²) >= 11 is 0. The van der Waals surface area contributed by atoms with Crippen molar-refractivity contribution < 1.29 is 25.2 Å². The first-order valence-corrected chi connectivity index (χ1v) is 5.88. The van der Waals surface area contributed by atoms with Gasteiger partial charge in [-0.15, -0.1) is 5.92 Å². The Morgan fingerprint density at radius 1 is 1.55 bits per heavy atom. The smallest absolute Gasteiger partial charge is 0.245 e. The predicted molar refractivity (Wildman–Crippen MR) is 68.1 cm³/mol. The van der Waals surface area contributed by atoms with Crippen LogP contribution < -0.4 is 5.73 Å². The van der Waals surface area contributed by atoms with Crippen molar-refractivity contribution in [1.82, 2.24) is 5.01 Å². The fraction of sp³-hybridized carbons (Fsp3) is 0.636. The first-order chi connectivity index (χ1) is 9.43. The molecule has 2 aliphatic rings. The highest BCUT2D eigenvalue weighted by Gasteiger charge is 2.58. The van der Waals surface area contributed by atoms with Crippen LogP contribution in [-0.4, -0.2) is 74.5 Å². The van der Waals surface area contributed by atoms with Gasteiger partial charge in [0.05, 0.1) is 12.8 Å². The van der Waals surface area contributed by atoms with Crippen molar-refractivity contribution in [3.8, 4) is 11.8 Å². The molecular formula is C11H16N4O5. The number of hydrogen-bond acceptors (Lipinski definition) is 9. The third-order valence-electron chi connectivity index (χ3n) is 3.05. The van der Waals surface area contributed by atoms with E-state index < -0.39 is 37.0 Å². The highest BCUT2D eigenvalue weighted by atomic mass is 16.6. The molecule has 110 valence electrons. The van der Waals surface area contributed by atoms with Gasteiger partial charge >= 0.3 is 0 Å². The normalized spacial score (nSPS) is 40.2. The standard InChI is InChI=1S/C11H16N4O5/c1-2-3-11(19)8(17)6(5-16)20-9(11)15-10(18)14-7(12)4-13-15/h4,6,8-10,16-19H,5H2,1H3,(H2,12,14)/t6-,8+,9-,10?,11?/m1/s1. The SMILES string of the molecule is CC#CC1(O)[C@@H](O)[C@@H](CO)O[C@H]1N1N=CC(N)=NC1O. The van der Waals surface area contributed by atoms with Gasteiger partial charge in [0.2, 0.25) is 12.0 Å². The number of rotatable bonds is 2. The fourth-order valence-electron chi connectivity index (χ4n) is 2.11. The number of aliphatic hydroxyl groups is 4. The summed E-state index contributed by atoms with van der Waals surface area (Å²) < 4.78 is 5.33. The van der Waals surface area contributed by atoms with Crippen LogP contribution in [0.4, 0.5) is 0 Å². The molecule has 9 heteroatoms. The second-order valence-electron chi connectivity index (χ2n) is 4.38. The summed E-state index contributed by atoms with van der Waals surface area (Å²) in [5.41, 5.74) is 3.36. The van der Waals surface area contributed by atoms with E-state index in [4.69, 9.17) is 15.6 Å². The van der Waals surface area contributed by atoms with E-state index in [-0.39, 0.29) is 5.84 Å². The minimum atomic E-state index is -2.03. The molecule has 2 heterocycles. The van der Waals surface area contributed by atoms with Gasteiger partial charge in [0, 0.05) is 0 Å². The monoisotopic (exact) mass is 284 g/mol. The van der Waals surface area contributed by atoms with Gasteiger partial charge in [-0.05, 0) is 6.92 Å². The zero-order valence-electron chi connectivity index (χ0n) is 10.7. The third-order valence-corrected chi connectivity index (χ3v) is 3.05. The number of aliphatic imine (C=N–C) groups is 1. The first-order valence-electron chi connectivity index (χ1n) is 5.88. The molecule has 0 bridgehead atoms. The number of nitrogens with two attached hydrogens (primary N) is 1. The maximum Gasteiger partial charge on any atom is 0.245 e. The van der Waals surface area contributed by atoms with Crippen molar-refractivity contribution in [3.63, 3.8) is 0 Å². The number of hydrogen-bond donors (Lipinski definition) is 5. The van der Waals surface area contributed by atoms with Crippen LogP contribution in [0.1, 0.15) is 6.92 Å². The van der Waals surface area contributed by atoms with Crippen LogP contribution in [0, 0.1) is 11.8 Å². The van der Waals surface area contributed by atoms with E-state index >= 15 is 0 Å². The van der Waals surface area contributed by atoms with Gasteiger partial charge in [-0.3, -0.25) is 0 Å². The van der Waals surface area contributed by atoms with Gasteiger partial charge in [0.15, 0.2) is 6.23 Å². The van der Waals surface area contributed by atoms with Crippen LogP contribution in [0.5, 0.6) is 0 Å². The van der Waals surface area contributed by atoms with Crippen molar-refractivity contribution in [2.75, 3.05) is 6.61 Å². The van der Waals surface area contributed by atoms with Crippen LogP contribution in [-0.2, 0) is 4.74 Å². The zero-order valence-corrected chi connectivity index (χ0v) is 10.7. The van der Waals surface area contributed by atoms with E-state index in [0.29, 0.717) is 0 Å². The van der Waals surface area contributed by atoms with E-state index in [1.807, 2.05) is 0 Å². The van der Waals surface area contributed by atoms with E-state index in [2.05, 4.69) is 21.9 Å². The molecule has 0 radical (unpaired) electrons. The quantitative estimate of drug-likeness (QED) is 0.335. The van der Waals surface area contributed by atoms with Gasteiger partial charge in [-0.2, -0.15) is 5.10 Å². The molecule has 0 aromatic carbocycles. The molecule has 5 atom stereocenters. The Balaban J connectivity index is 2.34. The van der Waals surface area contributed by atoms with Gasteiger partial charge in [-0.1, -0.05) is 5.92 Å². The molecule has 0 aromatic heterocycles. The highest BCUT2D eigenvalue weighted by molar-refractivity contribution is 6.28. The number of aliphatic hydroxyl groups excluding tert-OH is 3. The Kier molecular flexibility index (Phi) is 3.94. The van der Waals surface area contributed by atoms with Crippen LogP contribution >= 0.6 is 0 Å². The van der Waals surface area contributed by atoms with Crippen molar-refractivity contribution in [2.45, 2.75) is 37.3 Å². The number of nitrogens with zero attached hydrogens (tertiary/aromatic N) is 3. The largest absolute Gasteiger partial charge is 0.394 e. The van der Waals surface area contributed by atoms with Crippen LogP contribution in [0.15, 0.2) is 10.1 Å². The van der Waals surface area contributed by atoms with E-state index in [1.54, 1.807) is 0 Å². The fourth-order valence-corrected chi connectivity index (χ4v) is 2.11. The summed E-state index contributed by atoms with van der Waals surface area (Å²) in [6.07, 6.45) is -4.15. The summed E-state index contributed by atoms with van der Waals surface area (Å²) in [5, 5.41) is 44.2. The lowest BCUT2D eigenvalue weighted by atomic mass is 9.94. The van der Waals surface area contributed by atoms with Crippen molar-refractivity contribution in [3.05, 3.63) is 0 Å². The lowest BCUT2D eigenvalue weighted by Gasteiger charge is -2.35. The summed E-state index contributed by atoms with van der Waals surface area (Å²) in [6, 6.07) is 0. The second kappa shape index (κ2) is 5.35. The maximum absolute atomic E-state index is 10.5. The molecule has 9 nitrogen and oxygen atoms in total. The topological polar surface area (TPSA) is 144 Å². The third kappa shape index (κ3) is 2.24. The second-order valence-corrected chi connectivity index (χ2v) is 4.38. The summed E-state index contributed by atoms with van der Waals surface area (Å²) in [5.74, 6) is 4.91. The molecule has 2 aliphatic heterocycles. The number of ether oxygens (including phenoxy) is 1. The van der Waals surface area contributed by atoms with Crippen LogP contribution in [0.2, 0.25) is 0 Å². The molecule has 0 spiro atoms. The highest BCUT2D eigenvalue weighted by Crippen LogP contribution is 2.34. The molecule has 1 fully saturated rings. The molecule has 20 heavy (non-hydrogen) atoms. The van der Waals surface area contributed by atoms with E-state index in [1.165, 1.54) is 6.92 Å². The van der Waals surface area contributed by atoms with Gasteiger partial charge < -0.3 is 30.9 Å². The minimum absolute atomic E-state index is 0.0103. The lowest BCUT2D eigenvalue weighted by Crippen LogP contribution is -2.56. The molecule has 6 N–H and O–H groups in total. The van der Waals surface area contributed by atoms with E-state index in [9.17, 15) is 15.3 Å². The predicted octanol–water partition coefficient (Wildman–Crippen LogP) is -3.25. The molecule has 1 saturated heterocycles. The average Bonchev–Trinajstić information content (AvgIpc) is 2.63. The Bertz CT molecular complexity index is 499. The van der Waals surface area contributed by atoms with E-state index in [0.717, 1.165) is 11.2 Å². The molecule has 0 aromatic rings. The molecule has 0 aliphatic carbocycles. The average molecular weight is 284 g/mol. The van der Waals surface area contributed by atoms with Crippen LogP contribution in [0.25, 0.3) is 0 Å². The van der Waals surface area contributed by atoms with Crippen molar-refractivity contribution >= 4 is 12.1 Å². The Hall–Kier alpha value is -1.70. The van der Waals surface area contributed by atoms with Gasteiger partial charge in [-0.25, -0.2) is 10.0 Å². The number of hydrazone groups is 1.